The van der Waals surface area contributed by atoms with E-state index in [9.17, 15) is 18.8 Å². The largest absolute Gasteiger partial charge is 0.438 e. The summed E-state index contributed by atoms with van der Waals surface area (Å²) in [6, 6.07) is 13.7. The van der Waals surface area contributed by atoms with Gasteiger partial charge in [-0.05, 0) is 79.6 Å². The standard InChI is InChI=1S/C37H30FN7O5/c1-21-16-25(38)9-14-30(21)45-15-5-8-29(37(45)48)34(47)43-26-10-12-28(13-11-26)49-35-32-31(23-6-4-7-27(17-23)42-22(2)46)33(24-18-41-44(3)19-24)50-36(32)40-20-39-35/h4-5,7-20,23H,6H2,1-3H3,(H,42,46)(H,43,47). The molecule has 1 aliphatic rings. The number of carbonyl (C=O) groups is 2. The number of ether oxygens (including phenoxy) is 1. The Morgan fingerprint density at radius 2 is 1.90 bits per heavy atom. The van der Waals surface area contributed by atoms with E-state index in [4.69, 9.17) is 9.15 Å². The number of fused-ring (bicyclic) bond motifs is 1. The summed E-state index contributed by atoms with van der Waals surface area (Å²) in [6.07, 6.45) is 12.9. The smallest absolute Gasteiger partial charge is 0.267 e. The van der Waals surface area contributed by atoms with E-state index in [1.807, 2.05) is 31.5 Å². The van der Waals surface area contributed by atoms with Gasteiger partial charge in [-0.25, -0.2) is 14.4 Å². The summed E-state index contributed by atoms with van der Waals surface area (Å²) in [4.78, 5) is 47.1. The van der Waals surface area contributed by atoms with Crippen LogP contribution in [0.4, 0.5) is 10.1 Å². The van der Waals surface area contributed by atoms with E-state index < -0.39 is 17.3 Å². The maximum Gasteiger partial charge on any atom is 0.267 e. The molecule has 0 fully saturated rings. The second kappa shape index (κ2) is 13.1. The lowest BCUT2D eigenvalue weighted by atomic mass is 9.88. The number of amides is 2. The topological polar surface area (TPSA) is 146 Å². The third-order valence-corrected chi connectivity index (χ3v) is 8.15. The molecule has 0 saturated heterocycles. The average molecular weight is 672 g/mol. The highest BCUT2D eigenvalue weighted by Crippen LogP contribution is 2.44. The minimum atomic E-state index is -0.602. The van der Waals surface area contributed by atoms with Gasteiger partial charge in [0.2, 0.25) is 17.5 Å². The highest BCUT2D eigenvalue weighted by atomic mass is 19.1. The summed E-state index contributed by atoms with van der Waals surface area (Å²) in [7, 11) is 1.81. The van der Waals surface area contributed by atoms with Crippen LogP contribution >= 0.6 is 0 Å². The number of nitrogens with one attached hydrogen (secondary N) is 2. The zero-order valence-electron chi connectivity index (χ0n) is 27.2. The zero-order chi connectivity index (χ0) is 34.9. The van der Waals surface area contributed by atoms with E-state index in [1.54, 1.807) is 48.1 Å². The zero-order valence-corrected chi connectivity index (χ0v) is 27.2. The van der Waals surface area contributed by atoms with Crippen molar-refractivity contribution in [3.05, 3.63) is 136 Å². The number of aromatic nitrogens is 5. The monoisotopic (exact) mass is 671 g/mol. The lowest BCUT2D eigenvalue weighted by Gasteiger charge is -2.18. The van der Waals surface area contributed by atoms with E-state index in [0.29, 0.717) is 51.7 Å². The fraction of sp³-hybridized carbons (Fsp3) is 0.135. The Morgan fingerprint density at radius 1 is 1.08 bits per heavy atom. The Hall–Kier alpha value is -6.63. The van der Waals surface area contributed by atoms with Crippen LogP contribution in [0.1, 0.15) is 40.7 Å². The van der Waals surface area contributed by atoms with Crippen LogP contribution in [0.15, 0.2) is 113 Å². The molecule has 0 aliphatic heterocycles. The number of hydrogen-bond donors (Lipinski definition) is 2. The van der Waals surface area contributed by atoms with Crippen LogP contribution in [0, 0.1) is 12.7 Å². The number of nitrogens with zero attached hydrogens (tertiary/aromatic N) is 5. The van der Waals surface area contributed by atoms with Gasteiger partial charge < -0.3 is 19.8 Å². The molecule has 0 spiro atoms. The van der Waals surface area contributed by atoms with Crippen molar-refractivity contribution in [3.8, 4) is 28.6 Å². The molecule has 7 rings (SSSR count). The molecule has 12 nitrogen and oxygen atoms in total. The number of allylic oxidation sites excluding steroid dienone is 3. The van der Waals surface area contributed by atoms with Crippen molar-refractivity contribution in [1.29, 1.82) is 0 Å². The molecule has 13 heteroatoms. The first kappa shape index (κ1) is 31.9. The highest BCUT2D eigenvalue weighted by molar-refractivity contribution is 6.04. The Morgan fingerprint density at radius 3 is 2.64 bits per heavy atom. The van der Waals surface area contributed by atoms with Crippen molar-refractivity contribution in [3.63, 3.8) is 0 Å². The third kappa shape index (κ3) is 6.31. The van der Waals surface area contributed by atoms with Gasteiger partial charge in [-0.1, -0.05) is 12.2 Å². The molecule has 250 valence electrons. The van der Waals surface area contributed by atoms with Crippen LogP contribution in [-0.4, -0.2) is 36.1 Å². The Bertz CT molecular complexity index is 2410. The lowest BCUT2D eigenvalue weighted by molar-refractivity contribution is -0.118. The maximum atomic E-state index is 13.7. The first-order chi connectivity index (χ1) is 24.1. The van der Waals surface area contributed by atoms with Crippen molar-refractivity contribution < 1.29 is 23.1 Å². The fourth-order valence-electron chi connectivity index (χ4n) is 5.94. The molecule has 2 amide bonds. The summed E-state index contributed by atoms with van der Waals surface area (Å²) < 4.78 is 29.2. The number of anilines is 1. The molecule has 1 unspecified atom stereocenters. The second-order valence-electron chi connectivity index (χ2n) is 11.8. The van der Waals surface area contributed by atoms with Crippen molar-refractivity contribution in [2.75, 3.05) is 5.32 Å². The summed E-state index contributed by atoms with van der Waals surface area (Å²) in [5, 5.41) is 10.5. The van der Waals surface area contributed by atoms with Gasteiger partial charge in [-0.15, -0.1) is 0 Å². The fourth-order valence-corrected chi connectivity index (χ4v) is 5.94. The Balaban J connectivity index is 1.17. The number of carbonyl (C=O) groups excluding carboxylic acids is 2. The Kier molecular flexibility index (Phi) is 8.38. The number of hydrogen-bond acceptors (Lipinski definition) is 8. The van der Waals surface area contributed by atoms with Gasteiger partial charge >= 0.3 is 0 Å². The molecule has 0 bridgehead atoms. The van der Waals surface area contributed by atoms with Crippen LogP contribution < -0.4 is 20.9 Å². The van der Waals surface area contributed by atoms with Crippen LogP contribution in [0.5, 0.6) is 11.6 Å². The van der Waals surface area contributed by atoms with Gasteiger partial charge in [0.1, 0.15) is 34.6 Å². The number of benzene rings is 2. The van der Waals surface area contributed by atoms with Crippen molar-refractivity contribution in [1.82, 2.24) is 29.6 Å². The number of pyridine rings is 1. The number of aryl methyl sites for hydroxylation is 2. The molecule has 1 aliphatic carbocycles. The quantitative estimate of drug-likeness (QED) is 0.191. The van der Waals surface area contributed by atoms with Gasteiger partial charge in [0.25, 0.3) is 11.5 Å². The van der Waals surface area contributed by atoms with Gasteiger partial charge in [-0.3, -0.25) is 23.6 Å². The average Bonchev–Trinajstić information content (AvgIpc) is 3.70. The van der Waals surface area contributed by atoms with Crippen LogP contribution in [0.3, 0.4) is 0 Å². The van der Waals surface area contributed by atoms with Gasteiger partial charge in [-0.2, -0.15) is 5.10 Å². The highest BCUT2D eigenvalue weighted by Gasteiger charge is 2.28. The molecule has 0 radical (unpaired) electrons. The van der Waals surface area contributed by atoms with Crippen LogP contribution in [0.2, 0.25) is 0 Å². The summed E-state index contributed by atoms with van der Waals surface area (Å²) in [6.45, 7) is 3.15. The first-order valence-corrected chi connectivity index (χ1v) is 15.6. The number of halogens is 1. The molecule has 1 atom stereocenters. The van der Waals surface area contributed by atoms with Crippen molar-refractivity contribution in [2.45, 2.75) is 26.2 Å². The van der Waals surface area contributed by atoms with Gasteiger partial charge in [0.05, 0.1) is 17.4 Å². The first-order valence-electron chi connectivity index (χ1n) is 15.6. The molecule has 0 saturated carbocycles. The SMILES string of the molecule is CC(=O)NC1=CC(c2c(-c3cnn(C)c3)oc3ncnc(Oc4ccc(NC(=O)c5cccn(-c6ccc(F)cc6C)c5=O)cc4)c23)CC=C1. The summed E-state index contributed by atoms with van der Waals surface area (Å²) in [5.41, 5.74) is 3.35. The van der Waals surface area contributed by atoms with Crippen LogP contribution in [-0.2, 0) is 11.8 Å². The molecule has 2 aromatic carbocycles. The van der Waals surface area contributed by atoms with Crippen molar-refractivity contribution >= 4 is 28.6 Å². The van der Waals surface area contributed by atoms with Crippen molar-refractivity contribution in [2.24, 2.45) is 7.05 Å². The summed E-state index contributed by atoms with van der Waals surface area (Å²) in [5.74, 6) is -0.173. The van der Waals surface area contributed by atoms with Crippen LogP contribution in [0.25, 0.3) is 28.1 Å². The molecule has 2 N–H and O–H groups in total. The molecule has 4 aromatic heterocycles. The molecular formula is C37H30FN7O5. The van der Waals surface area contributed by atoms with Gasteiger partial charge in [0, 0.05) is 49.2 Å². The van der Waals surface area contributed by atoms with E-state index in [0.717, 1.165) is 11.1 Å². The Labute approximate surface area is 284 Å². The van der Waals surface area contributed by atoms with E-state index in [1.165, 1.54) is 48.3 Å². The predicted octanol–water partition coefficient (Wildman–Crippen LogP) is 6.33. The molecular weight excluding hydrogens is 641 g/mol. The van der Waals surface area contributed by atoms with Gasteiger partial charge in [0.15, 0.2) is 0 Å². The van der Waals surface area contributed by atoms with E-state index in [2.05, 4.69) is 25.7 Å². The molecule has 4 heterocycles. The maximum absolute atomic E-state index is 13.7. The number of furan rings is 1. The normalized spacial score (nSPS) is 14.0. The van der Waals surface area contributed by atoms with E-state index >= 15 is 0 Å². The number of rotatable bonds is 8. The lowest BCUT2D eigenvalue weighted by Crippen LogP contribution is -2.28. The second-order valence-corrected chi connectivity index (χ2v) is 11.8. The molecule has 6 aromatic rings. The van der Waals surface area contributed by atoms with E-state index in [-0.39, 0.29) is 23.3 Å². The summed E-state index contributed by atoms with van der Waals surface area (Å²) >= 11 is 0. The molecule has 50 heavy (non-hydrogen) atoms. The third-order valence-electron chi connectivity index (χ3n) is 8.15. The minimum absolute atomic E-state index is 0.0786. The minimum Gasteiger partial charge on any atom is -0.438 e. The predicted molar refractivity (Wildman–Crippen MR) is 184 cm³/mol.